The number of morpholine rings is 1. The molecule has 27 heavy (non-hydrogen) atoms. The van der Waals surface area contributed by atoms with E-state index < -0.39 is 28.8 Å². The molecule has 0 unspecified atom stereocenters. The summed E-state index contributed by atoms with van der Waals surface area (Å²) in [7, 11) is 0. The number of pyridine rings is 1. The molecule has 4 rings (SSSR count). The number of hydrogen-bond donors (Lipinski definition) is 1. The molecular formula is C17H15ClF2N4O3. The van der Waals surface area contributed by atoms with E-state index in [9.17, 15) is 18.4 Å². The van der Waals surface area contributed by atoms with E-state index in [2.05, 4.69) is 9.97 Å². The van der Waals surface area contributed by atoms with Crippen LogP contribution in [-0.4, -0.2) is 70.0 Å². The molecule has 2 aliphatic rings. The first-order chi connectivity index (χ1) is 12.9. The van der Waals surface area contributed by atoms with Crippen LogP contribution in [0.1, 0.15) is 21.0 Å². The number of aromatic amines is 1. The van der Waals surface area contributed by atoms with Crippen LogP contribution < -0.4 is 0 Å². The van der Waals surface area contributed by atoms with Crippen molar-refractivity contribution in [3.8, 4) is 0 Å². The fourth-order valence-electron chi connectivity index (χ4n) is 3.39. The molecule has 2 saturated heterocycles. The highest BCUT2D eigenvalue weighted by atomic mass is 35.5. The third-order valence-electron chi connectivity index (χ3n) is 4.67. The quantitative estimate of drug-likeness (QED) is 0.838. The summed E-state index contributed by atoms with van der Waals surface area (Å²) >= 11 is 5.82. The van der Waals surface area contributed by atoms with Gasteiger partial charge in [-0.1, -0.05) is 11.6 Å². The molecule has 4 heterocycles. The molecule has 0 atom stereocenters. The monoisotopic (exact) mass is 396 g/mol. The zero-order chi connectivity index (χ0) is 19.2. The molecule has 10 heteroatoms. The van der Waals surface area contributed by atoms with Gasteiger partial charge in [-0.2, -0.15) is 0 Å². The van der Waals surface area contributed by atoms with Gasteiger partial charge in [0.25, 0.3) is 11.8 Å². The number of carbonyl (C=O) groups is 2. The van der Waals surface area contributed by atoms with E-state index in [1.807, 2.05) is 0 Å². The van der Waals surface area contributed by atoms with E-state index in [1.165, 1.54) is 17.2 Å². The van der Waals surface area contributed by atoms with Crippen molar-refractivity contribution >= 4 is 23.4 Å². The van der Waals surface area contributed by atoms with Crippen LogP contribution in [0, 0.1) is 11.6 Å². The highest BCUT2D eigenvalue weighted by Gasteiger charge is 2.50. The molecule has 2 amide bonds. The summed E-state index contributed by atoms with van der Waals surface area (Å²) in [5.74, 6) is -2.70. The first kappa shape index (κ1) is 17.9. The van der Waals surface area contributed by atoms with Gasteiger partial charge in [-0.15, -0.1) is 0 Å². The Bertz CT molecular complexity index is 913. The maximum absolute atomic E-state index is 13.9. The van der Waals surface area contributed by atoms with Crippen LogP contribution in [0.3, 0.4) is 0 Å². The van der Waals surface area contributed by atoms with Gasteiger partial charge >= 0.3 is 0 Å². The number of halogens is 3. The average Bonchev–Trinajstić information content (AvgIpc) is 3.05. The van der Waals surface area contributed by atoms with E-state index in [0.29, 0.717) is 29.9 Å². The smallest absolute Gasteiger partial charge is 0.275 e. The van der Waals surface area contributed by atoms with Crippen LogP contribution in [-0.2, 0) is 4.74 Å². The van der Waals surface area contributed by atoms with Gasteiger partial charge in [0.1, 0.15) is 17.1 Å². The molecule has 1 N–H and O–H groups in total. The van der Waals surface area contributed by atoms with Crippen LogP contribution in [0.5, 0.6) is 0 Å². The number of aromatic nitrogens is 2. The molecule has 7 nitrogen and oxygen atoms in total. The number of ether oxygens (including phenoxy) is 1. The normalized spacial score (nSPS) is 18.5. The molecule has 0 radical (unpaired) electrons. The molecule has 142 valence electrons. The van der Waals surface area contributed by atoms with Gasteiger partial charge in [-0.3, -0.25) is 9.59 Å². The number of hydrogen-bond acceptors (Lipinski definition) is 4. The third kappa shape index (κ3) is 3.28. The van der Waals surface area contributed by atoms with E-state index in [0.717, 1.165) is 6.20 Å². The fourth-order valence-corrected chi connectivity index (χ4v) is 3.55. The predicted octanol–water partition coefficient (Wildman–Crippen LogP) is 1.71. The van der Waals surface area contributed by atoms with Gasteiger partial charge in [0.05, 0.1) is 37.5 Å². The van der Waals surface area contributed by atoms with Crippen molar-refractivity contribution in [2.75, 3.05) is 32.8 Å². The summed E-state index contributed by atoms with van der Waals surface area (Å²) in [5, 5.41) is 0.438. The van der Waals surface area contributed by atoms with Crippen molar-refractivity contribution in [1.82, 2.24) is 19.8 Å². The molecule has 2 aliphatic heterocycles. The number of amides is 2. The van der Waals surface area contributed by atoms with Crippen LogP contribution in [0.4, 0.5) is 8.78 Å². The summed E-state index contributed by atoms with van der Waals surface area (Å²) in [4.78, 5) is 34.3. The lowest BCUT2D eigenvalue weighted by molar-refractivity contribution is -0.164. The van der Waals surface area contributed by atoms with Gasteiger partial charge in [-0.25, -0.2) is 13.8 Å². The molecule has 0 saturated carbocycles. The molecule has 0 aliphatic carbocycles. The number of likely N-dealkylation sites (tertiary alicyclic amines) is 1. The summed E-state index contributed by atoms with van der Waals surface area (Å²) in [6.45, 7) is 1.31. The minimum atomic E-state index is -1.01. The second-order valence-corrected chi connectivity index (χ2v) is 7.07. The molecule has 0 aromatic carbocycles. The SMILES string of the molecule is O=C(c1cc(Cl)c[nH]1)N1CC2(C1)CN(C(=O)c1ncc(F)cc1F)CCO2. The van der Waals surface area contributed by atoms with E-state index >= 15 is 0 Å². The van der Waals surface area contributed by atoms with Gasteiger partial charge in [0, 0.05) is 18.8 Å². The second kappa shape index (κ2) is 6.58. The van der Waals surface area contributed by atoms with Crippen molar-refractivity contribution in [2.45, 2.75) is 5.60 Å². The zero-order valence-electron chi connectivity index (χ0n) is 14.0. The number of nitrogens with one attached hydrogen (secondary N) is 1. The molecule has 2 aromatic rings. The topological polar surface area (TPSA) is 78.5 Å². The maximum atomic E-state index is 13.9. The summed E-state index contributed by atoms with van der Waals surface area (Å²) in [6.07, 6.45) is 2.32. The molecule has 1 spiro atoms. The van der Waals surface area contributed by atoms with Crippen molar-refractivity contribution in [2.24, 2.45) is 0 Å². The third-order valence-corrected chi connectivity index (χ3v) is 4.89. The Balaban J connectivity index is 1.43. The van der Waals surface area contributed by atoms with Gasteiger partial charge < -0.3 is 19.5 Å². The second-order valence-electron chi connectivity index (χ2n) is 6.63. The fraction of sp³-hybridized carbons (Fsp3) is 0.353. The Morgan fingerprint density at radius 1 is 1.19 bits per heavy atom. The predicted molar refractivity (Wildman–Crippen MR) is 90.4 cm³/mol. The van der Waals surface area contributed by atoms with E-state index in [-0.39, 0.29) is 25.6 Å². The number of nitrogens with zero attached hydrogens (tertiary/aromatic N) is 3. The van der Waals surface area contributed by atoms with Crippen LogP contribution in [0.2, 0.25) is 5.02 Å². The summed E-state index contributed by atoms with van der Waals surface area (Å²) in [5.41, 5.74) is -0.755. The Morgan fingerprint density at radius 3 is 2.59 bits per heavy atom. The van der Waals surface area contributed by atoms with Crippen molar-refractivity contribution in [3.63, 3.8) is 0 Å². The number of rotatable bonds is 2. The minimum absolute atomic E-state index is 0.194. The van der Waals surface area contributed by atoms with Crippen molar-refractivity contribution in [3.05, 3.63) is 52.6 Å². The highest BCUT2D eigenvalue weighted by molar-refractivity contribution is 6.30. The number of H-pyrrole nitrogens is 1. The minimum Gasteiger partial charge on any atom is -0.368 e. The maximum Gasteiger partial charge on any atom is 0.275 e. The Hall–Kier alpha value is -2.52. The zero-order valence-corrected chi connectivity index (χ0v) is 14.8. The summed E-state index contributed by atoms with van der Waals surface area (Å²) in [6, 6.07) is 2.16. The first-order valence-electron chi connectivity index (χ1n) is 8.24. The van der Waals surface area contributed by atoms with Gasteiger partial charge in [-0.05, 0) is 6.07 Å². The van der Waals surface area contributed by atoms with Gasteiger partial charge in [0.15, 0.2) is 11.5 Å². The van der Waals surface area contributed by atoms with Crippen LogP contribution >= 0.6 is 11.6 Å². The van der Waals surface area contributed by atoms with Crippen LogP contribution in [0.15, 0.2) is 24.5 Å². The van der Waals surface area contributed by atoms with Crippen LogP contribution in [0.25, 0.3) is 0 Å². The average molecular weight is 397 g/mol. The first-order valence-corrected chi connectivity index (χ1v) is 8.62. The van der Waals surface area contributed by atoms with Gasteiger partial charge in [0.2, 0.25) is 0 Å². The summed E-state index contributed by atoms with van der Waals surface area (Å²) < 4.78 is 32.6. The highest BCUT2D eigenvalue weighted by Crippen LogP contribution is 2.31. The standard InChI is InChI=1S/C17H15ClF2N4O3/c18-10-3-13(21-5-10)15(25)24-8-17(9-24)7-23(1-2-27-17)16(26)14-12(20)4-11(19)6-22-14/h3-6,21H,1-2,7-9H2. The largest absolute Gasteiger partial charge is 0.368 e. The molecular weight excluding hydrogens is 382 g/mol. The lowest BCUT2D eigenvalue weighted by atomic mass is 9.91. The van der Waals surface area contributed by atoms with E-state index in [1.54, 1.807) is 4.90 Å². The van der Waals surface area contributed by atoms with Crippen molar-refractivity contribution in [1.29, 1.82) is 0 Å². The molecule has 0 bridgehead atoms. The van der Waals surface area contributed by atoms with Crippen molar-refractivity contribution < 1.29 is 23.1 Å². The Morgan fingerprint density at radius 2 is 1.93 bits per heavy atom. The Labute approximate surface area is 157 Å². The molecule has 2 aromatic heterocycles. The molecule has 2 fully saturated rings. The lowest BCUT2D eigenvalue weighted by Gasteiger charge is -2.53. The van der Waals surface area contributed by atoms with E-state index in [4.69, 9.17) is 16.3 Å². The Kier molecular flexibility index (Phi) is 4.35. The number of carbonyl (C=O) groups excluding carboxylic acids is 2. The lowest BCUT2D eigenvalue weighted by Crippen LogP contribution is -2.71.